The maximum atomic E-state index is 8.85. The number of nitrogens with zero attached hydrogens (tertiary/aromatic N) is 2. The Morgan fingerprint density at radius 2 is 1.50 bits per heavy atom. The molecule has 20 heavy (non-hydrogen) atoms. The average molecular weight is 366 g/mol. The lowest BCUT2D eigenvalue weighted by molar-refractivity contribution is 1.12. The molecule has 0 aliphatic heterocycles. The Hall–Kier alpha value is -0.690. The average Bonchev–Trinajstić information content (AvgIpc) is 2.45. The molecule has 7 heteroatoms. The lowest BCUT2D eigenvalue weighted by Gasteiger charge is -2.14. The lowest BCUT2D eigenvalue weighted by Crippen LogP contribution is -1.95. The molecule has 1 aromatic heterocycles. The summed E-state index contributed by atoms with van der Waals surface area (Å²) in [5.74, 6) is 0. The van der Waals surface area contributed by atoms with Gasteiger partial charge in [0.05, 0.1) is 43.3 Å². The van der Waals surface area contributed by atoms with Crippen LogP contribution >= 0.6 is 58.0 Å². The van der Waals surface area contributed by atoms with Crippen LogP contribution in [0.1, 0.15) is 5.69 Å². The van der Waals surface area contributed by atoms with Crippen LogP contribution in [0.25, 0.3) is 11.1 Å². The number of benzene rings is 1. The predicted octanol–water partition coefficient (Wildman–Crippen LogP) is 6.08. The fraction of sp³-hybridized carbons (Fsp3) is 0.0769. The van der Waals surface area contributed by atoms with Gasteiger partial charge in [-0.3, -0.25) is 4.98 Å². The van der Waals surface area contributed by atoms with Gasteiger partial charge in [-0.1, -0.05) is 64.1 Å². The maximum absolute atomic E-state index is 8.85. The molecule has 0 atom stereocenters. The number of hydrogen-bond acceptors (Lipinski definition) is 2. The Balaban J connectivity index is 2.81. The molecule has 0 fully saturated rings. The van der Waals surface area contributed by atoms with Gasteiger partial charge in [-0.15, -0.1) is 0 Å². The Labute approximate surface area is 140 Å². The van der Waals surface area contributed by atoms with E-state index >= 15 is 0 Å². The highest BCUT2D eigenvalue weighted by Gasteiger charge is 2.22. The van der Waals surface area contributed by atoms with E-state index in [1.54, 1.807) is 18.3 Å². The normalized spacial score (nSPS) is 10.4. The molecule has 2 aromatic rings. The number of hydrogen-bond donors (Lipinski definition) is 0. The standard InChI is InChI=1S/C13H5Cl5N2/c14-9-8(10(15)12(17)13(18)11(9)16)6-2-1-5-20-7(6)3-4-19/h1-2,5H,3H2. The van der Waals surface area contributed by atoms with Crippen molar-refractivity contribution in [2.45, 2.75) is 6.42 Å². The van der Waals surface area contributed by atoms with E-state index in [4.69, 9.17) is 63.3 Å². The highest BCUT2D eigenvalue weighted by Crippen LogP contribution is 2.48. The van der Waals surface area contributed by atoms with Crippen LogP contribution < -0.4 is 0 Å². The van der Waals surface area contributed by atoms with Crippen molar-refractivity contribution in [3.05, 3.63) is 49.1 Å². The zero-order valence-corrected chi connectivity index (χ0v) is 13.5. The second-order valence-electron chi connectivity index (χ2n) is 3.78. The van der Waals surface area contributed by atoms with E-state index in [-0.39, 0.29) is 31.5 Å². The first-order chi connectivity index (χ1) is 9.49. The van der Waals surface area contributed by atoms with Crippen molar-refractivity contribution >= 4 is 58.0 Å². The van der Waals surface area contributed by atoms with Gasteiger partial charge in [0.15, 0.2) is 0 Å². The molecule has 0 bridgehead atoms. The van der Waals surface area contributed by atoms with Crippen molar-refractivity contribution in [3.63, 3.8) is 0 Å². The SMILES string of the molecule is N#CCc1ncccc1-c1c(Cl)c(Cl)c(Cl)c(Cl)c1Cl. The summed E-state index contributed by atoms with van der Waals surface area (Å²) in [6, 6.07) is 5.48. The molecule has 0 saturated carbocycles. The zero-order valence-electron chi connectivity index (χ0n) is 9.72. The van der Waals surface area contributed by atoms with Gasteiger partial charge in [0.1, 0.15) is 0 Å². The molecule has 1 heterocycles. The number of rotatable bonds is 2. The van der Waals surface area contributed by atoms with Crippen LogP contribution in [-0.2, 0) is 6.42 Å². The topological polar surface area (TPSA) is 36.7 Å². The molecule has 0 amide bonds. The molecular weight excluding hydrogens is 361 g/mol. The second kappa shape index (κ2) is 6.39. The van der Waals surface area contributed by atoms with Crippen LogP contribution in [-0.4, -0.2) is 4.98 Å². The molecule has 0 spiro atoms. The summed E-state index contributed by atoms with van der Waals surface area (Å²) in [5.41, 5.74) is 1.56. The molecule has 0 N–H and O–H groups in total. The van der Waals surface area contributed by atoms with Crippen molar-refractivity contribution in [2.24, 2.45) is 0 Å². The highest BCUT2D eigenvalue weighted by molar-refractivity contribution is 6.56. The van der Waals surface area contributed by atoms with E-state index in [1.807, 2.05) is 6.07 Å². The maximum Gasteiger partial charge on any atom is 0.0809 e. The summed E-state index contributed by atoms with van der Waals surface area (Å²) in [7, 11) is 0. The lowest BCUT2D eigenvalue weighted by atomic mass is 10.0. The van der Waals surface area contributed by atoms with Crippen LogP contribution in [0.2, 0.25) is 25.1 Å². The number of nitriles is 1. The minimum absolute atomic E-state index is 0.0952. The molecule has 0 aliphatic carbocycles. The fourth-order valence-electron chi connectivity index (χ4n) is 1.72. The van der Waals surface area contributed by atoms with Crippen LogP contribution in [0.15, 0.2) is 18.3 Å². The minimum Gasteiger partial charge on any atom is -0.260 e. The summed E-state index contributed by atoms with van der Waals surface area (Å²) < 4.78 is 0. The Kier molecular flexibility index (Phi) is 5.01. The Morgan fingerprint density at radius 3 is 2.05 bits per heavy atom. The van der Waals surface area contributed by atoms with Gasteiger partial charge in [0, 0.05) is 17.3 Å². The fourth-order valence-corrected chi connectivity index (χ4v) is 3.06. The molecule has 0 radical (unpaired) electrons. The quantitative estimate of drug-likeness (QED) is 0.477. The number of pyridine rings is 1. The van der Waals surface area contributed by atoms with Gasteiger partial charge in [0.2, 0.25) is 0 Å². The van der Waals surface area contributed by atoms with Crippen LogP contribution in [0.4, 0.5) is 0 Å². The van der Waals surface area contributed by atoms with Crippen molar-refractivity contribution in [1.82, 2.24) is 4.98 Å². The summed E-state index contributed by atoms with van der Waals surface area (Å²) in [6.07, 6.45) is 1.69. The molecular formula is C13H5Cl5N2. The third kappa shape index (κ3) is 2.70. The molecule has 2 rings (SSSR count). The van der Waals surface area contributed by atoms with E-state index < -0.39 is 0 Å². The van der Waals surface area contributed by atoms with E-state index in [9.17, 15) is 0 Å². The summed E-state index contributed by atoms with van der Waals surface area (Å²) >= 11 is 30.5. The van der Waals surface area contributed by atoms with Crippen LogP contribution in [0.5, 0.6) is 0 Å². The smallest absolute Gasteiger partial charge is 0.0809 e. The van der Waals surface area contributed by atoms with Gasteiger partial charge in [-0.2, -0.15) is 5.26 Å². The summed E-state index contributed by atoms with van der Waals surface area (Å²) in [5, 5.41) is 9.54. The van der Waals surface area contributed by atoms with Gasteiger partial charge >= 0.3 is 0 Å². The summed E-state index contributed by atoms with van der Waals surface area (Å²) in [4.78, 5) is 4.15. The molecule has 0 aliphatic rings. The molecule has 0 unspecified atom stereocenters. The molecule has 0 saturated heterocycles. The molecule has 102 valence electrons. The summed E-state index contributed by atoms with van der Waals surface area (Å²) in [6.45, 7) is 0. The Bertz CT molecular complexity index is 692. The van der Waals surface area contributed by atoms with Crippen molar-refractivity contribution in [1.29, 1.82) is 5.26 Å². The monoisotopic (exact) mass is 364 g/mol. The van der Waals surface area contributed by atoms with Gasteiger partial charge in [0.25, 0.3) is 0 Å². The van der Waals surface area contributed by atoms with Crippen molar-refractivity contribution in [3.8, 4) is 17.2 Å². The first kappa shape index (κ1) is 15.7. The minimum atomic E-state index is 0.0952. The van der Waals surface area contributed by atoms with Gasteiger partial charge in [-0.05, 0) is 6.07 Å². The molecule has 1 aromatic carbocycles. The zero-order chi connectivity index (χ0) is 14.9. The van der Waals surface area contributed by atoms with Crippen LogP contribution in [0.3, 0.4) is 0 Å². The van der Waals surface area contributed by atoms with E-state index in [0.717, 1.165) is 0 Å². The number of aromatic nitrogens is 1. The first-order valence-electron chi connectivity index (χ1n) is 5.31. The third-order valence-corrected chi connectivity index (χ3v) is 4.89. The number of halogens is 5. The molecule has 2 nitrogen and oxygen atoms in total. The van der Waals surface area contributed by atoms with Crippen molar-refractivity contribution in [2.75, 3.05) is 0 Å². The van der Waals surface area contributed by atoms with Gasteiger partial charge < -0.3 is 0 Å². The third-order valence-electron chi connectivity index (χ3n) is 2.62. The van der Waals surface area contributed by atoms with Gasteiger partial charge in [-0.25, -0.2) is 0 Å². The van der Waals surface area contributed by atoms with E-state index in [1.165, 1.54) is 0 Å². The van der Waals surface area contributed by atoms with Crippen molar-refractivity contribution < 1.29 is 0 Å². The van der Waals surface area contributed by atoms with E-state index in [2.05, 4.69) is 4.98 Å². The largest absolute Gasteiger partial charge is 0.260 e. The van der Waals surface area contributed by atoms with Crippen LogP contribution in [0, 0.1) is 11.3 Å². The predicted molar refractivity (Wildman–Crippen MR) is 84.0 cm³/mol. The second-order valence-corrected chi connectivity index (χ2v) is 5.67. The Morgan fingerprint density at radius 1 is 0.950 bits per heavy atom. The first-order valence-corrected chi connectivity index (χ1v) is 7.20. The van der Waals surface area contributed by atoms with E-state index in [0.29, 0.717) is 16.8 Å². The highest BCUT2D eigenvalue weighted by atomic mass is 35.5.